The number of rotatable bonds is 5. The van der Waals surface area contributed by atoms with Crippen molar-refractivity contribution in [2.45, 2.75) is 50.5 Å². The molecule has 3 aliphatic rings. The van der Waals surface area contributed by atoms with Gasteiger partial charge in [0.05, 0.1) is 6.04 Å². The van der Waals surface area contributed by atoms with Crippen LogP contribution in [-0.2, 0) is 4.79 Å². The molecule has 1 amide bonds. The van der Waals surface area contributed by atoms with Gasteiger partial charge in [0.25, 0.3) is 0 Å². The van der Waals surface area contributed by atoms with Crippen LogP contribution in [0.15, 0.2) is 24.4 Å². The minimum Gasteiger partial charge on any atom is -0.332 e. The van der Waals surface area contributed by atoms with Crippen molar-refractivity contribution in [1.29, 1.82) is 0 Å². The van der Waals surface area contributed by atoms with Gasteiger partial charge in [-0.3, -0.25) is 9.89 Å². The first kappa shape index (κ1) is 18.8. The van der Waals surface area contributed by atoms with E-state index in [0.29, 0.717) is 11.7 Å². The van der Waals surface area contributed by atoms with Crippen LogP contribution in [0.5, 0.6) is 0 Å². The van der Waals surface area contributed by atoms with Gasteiger partial charge in [-0.25, -0.2) is 9.50 Å². The molecular formula is C22H28N8O. The predicted octanol–water partition coefficient (Wildman–Crippen LogP) is 2.74. The lowest BCUT2D eigenvalue weighted by molar-refractivity contribution is -0.137. The number of hydrogen-bond donors (Lipinski definition) is 3. The smallest absolute Gasteiger partial charge is 0.226 e. The van der Waals surface area contributed by atoms with Gasteiger partial charge in [-0.2, -0.15) is 10.2 Å². The second kappa shape index (κ2) is 7.64. The number of nitrogens with one attached hydrogen (secondary N) is 3. The third-order valence-electron chi connectivity index (χ3n) is 6.79. The molecule has 9 nitrogen and oxygen atoms in total. The lowest BCUT2D eigenvalue weighted by Gasteiger charge is -2.30. The summed E-state index contributed by atoms with van der Waals surface area (Å²) < 4.78 is 1.85. The predicted molar refractivity (Wildman–Crippen MR) is 116 cm³/mol. The van der Waals surface area contributed by atoms with Gasteiger partial charge >= 0.3 is 0 Å². The zero-order valence-corrected chi connectivity index (χ0v) is 17.5. The standard InChI is InChI=1S/C22H28N8O/c31-22(15-7-9-23-10-8-15)29-11-1-3-17(29)21-25-20(18-4-2-12-30(18)28-21)24-19-13-16(26-27-19)14-5-6-14/h2,4,12-15,17,23H,1,3,5-11H2,(H2,24,25,26,27,28)/t17-/m1/s1. The number of H-pyrrole nitrogens is 1. The Hall–Kier alpha value is -2.94. The van der Waals surface area contributed by atoms with Crippen LogP contribution in [0.25, 0.3) is 5.52 Å². The van der Waals surface area contributed by atoms with Crippen LogP contribution in [-0.4, -0.2) is 55.2 Å². The van der Waals surface area contributed by atoms with Crippen molar-refractivity contribution in [2.75, 3.05) is 25.0 Å². The van der Waals surface area contributed by atoms with Gasteiger partial charge in [0.1, 0.15) is 5.52 Å². The van der Waals surface area contributed by atoms with Gasteiger partial charge in [-0.05, 0) is 63.7 Å². The molecule has 0 spiro atoms. The van der Waals surface area contributed by atoms with Crippen molar-refractivity contribution >= 4 is 23.1 Å². The molecule has 162 valence electrons. The van der Waals surface area contributed by atoms with Gasteiger partial charge in [0, 0.05) is 36.3 Å². The van der Waals surface area contributed by atoms with Crippen molar-refractivity contribution in [3.05, 3.63) is 35.9 Å². The molecule has 5 heterocycles. The fourth-order valence-electron chi connectivity index (χ4n) is 4.91. The summed E-state index contributed by atoms with van der Waals surface area (Å²) in [4.78, 5) is 20.2. The summed E-state index contributed by atoms with van der Waals surface area (Å²) in [5, 5.41) is 19.1. The number of carbonyl (C=O) groups excluding carboxylic acids is 1. The Morgan fingerprint density at radius 1 is 1.16 bits per heavy atom. The molecule has 3 aromatic rings. The van der Waals surface area contributed by atoms with E-state index in [1.54, 1.807) is 0 Å². The number of anilines is 2. The number of carbonyl (C=O) groups is 1. The van der Waals surface area contributed by atoms with Crippen molar-refractivity contribution < 1.29 is 4.79 Å². The number of fused-ring (bicyclic) bond motifs is 1. The van der Waals surface area contributed by atoms with Crippen LogP contribution in [0, 0.1) is 5.92 Å². The molecule has 1 saturated carbocycles. The Labute approximate surface area is 180 Å². The fourth-order valence-corrected chi connectivity index (χ4v) is 4.91. The largest absolute Gasteiger partial charge is 0.332 e. The first-order valence-electron chi connectivity index (χ1n) is 11.4. The van der Waals surface area contributed by atoms with Crippen molar-refractivity contribution in [3.63, 3.8) is 0 Å². The number of aromatic amines is 1. The van der Waals surface area contributed by atoms with Crippen molar-refractivity contribution in [3.8, 4) is 0 Å². The lowest BCUT2D eigenvalue weighted by atomic mass is 9.96. The van der Waals surface area contributed by atoms with Gasteiger partial charge in [-0.1, -0.05) is 0 Å². The van der Waals surface area contributed by atoms with E-state index in [9.17, 15) is 4.79 Å². The molecule has 2 aliphatic heterocycles. The summed E-state index contributed by atoms with van der Waals surface area (Å²) in [6, 6.07) is 5.95. The van der Waals surface area contributed by atoms with Crippen LogP contribution in [0.4, 0.5) is 11.6 Å². The topological polar surface area (TPSA) is 103 Å². The molecule has 1 atom stereocenters. The highest BCUT2D eigenvalue weighted by Crippen LogP contribution is 2.40. The summed E-state index contributed by atoms with van der Waals surface area (Å²) in [7, 11) is 0. The van der Waals surface area contributed by atoms with Crippen LogP contribution in [0.3, 0.4) is 0 Å². The average Bonchev–Trinajstić information content (AvgIpc) is 3.20. The fraction of sp³-hybridized carbons (Fsp3) is 0.545. The molecule has 0 aromatic carbocycles. The molecule has 0 radical (unpaired) electrons. The molecular weight excluding hydrogens is 392 g/mol. The van der Waals surface area contributed by atoms with Crippen molar-refractivity contribution in [2.24, 2.45) is 5.92 Å². The van der Waals surface area contributed by atoms with E-state index in [0.717, 1.165) is 62.5 Å². The summed E-state index contributed by atoms with van der Waals surface area (Å²) in [5.41, 5.74) is 2.08. The molecule has 31 heavy (non-hydrogen) atoms. The first-order chi connectivity index (χ1) is 15.3. The molecule has 6 rings (SSSR count). The minimum absolute atomic E-state index is 0.0732. The number of aromatic nitrogens is 5. The van der Waals surface area contributed by atoms with Gasteiger partial charge in [-0.15, -0.1) is 0 Å². The summed E-state index contributed by atoms with van der Waals surface area (Å²) in [6.45, 7) is 2.62. The molecule has 1 aliphatic carbocycles. The highest BCUT2D eigenvalue weighted by molar-refractivity contribution is 5.80. The van der Waals surface area contributed by atoms with E-state index >= 15 is 0 Å². The number of hydrogen-bond acceptors (Lipinski definition) is 6. The molecule has 0 unspecified atom stereocenters. The first-order valence-corrected chi connectivity index (χ1v) is 11.4. The molecule has 3 N–H and O–H groups in total. The number of amides is 1. The van der Waals surface area contributed by atoms with Crippen LogP contribution >= 0.6 is 0 Å². The van der Waals surface area contributed by atoms with E-state index in [1.165, 1.54) is 18.5 Å². The zero-order valence-electron chi connectivity index (χ0n) is 17.5. The molecule has 3 fully saturated rings. The zero-order chi connectivity index (χ0) is 20.8. The van der Waals surface area contributed by atoms with E-state index in [-0.39, 0.29) is 17.9 Å². The summed E-state index contributed by atoms with van der Waals surface area (Å²) in [6.07, 6.45) is 8.09. The SMILES string of the molecule is O=C(C1CCNCC1)N1CCC[C@@H]1c1nc(Nc2cc(C3CC3)[nH]n2)c2cccn2n1. The maximum Gasteiger partial charge on any atom is 0.226 e. The second-order valence-corrected chi connectivity index (χ2v) is 8.98. The molecule has 9 heteroatoms. The molecule has 0 bridgehead atoms. The highest BCUT2D eigenvalue weighted by atomic mass is 16.2. The third-order valence-corrected chi connectivity index (χ3v) is 6.79. The molecule has 2 saturated heterocycles. The Balaban J connectivity index is 1.30. The number of likely N-dealkylation sites (tertiary alicyclic amines) is 1. The minimum atomic E-state index is -0.0732. The second-order valence-electron chi connectivity index (χ2n) is 8.98. The number of nitrogens with zero attached hydrogens (tertiary/aromatic N) is 5. The van der Waals surface area contributed by atoms with Crippen LogP contribution in [0.2, 0.25) is 0 Å². The Morgan fingerprint density at radius 2 is 2.03 bits per heavy atom. The van der Waals surface area contributed by atoms with Crippen LogP contribution < -0.4 is 10.6 Å². The monoisotopic (exact) mass is 420 g/mol. The van der Waals surface area contributed by atoms with Gasteiger partial charge < -0.3 is 15.5 Å². The summed E-state index contributed by atoms with van der Waals surface area (Å²) >= 11 is 0. The maximum absolute atomic E-state index is 13.3. The lowest BCUT2D eigenvalue weighted by Crippen LogP contribution is -2.41. The van der Waals surface area contributed by atoms with Gasteiger partial charge in [0.2, 0.25) is 5.91 Å². The van der Waals surface area contributed by atoms with E-state index in [4.69, 9.17) is 10.1 Å². The summed E-state index contributed by atoms with van der Waals surface area (Å²) in [5.74, 6) is 3.18. The van der Waals surface area contributed by atoms with Crippen LogP contribution in [0.1, 0.15) is 62.0 Å². The Morgan fingerprint density at radius 3 is 2.87 bits per heavy atom. The highest BCUT2D eigenvalue weighted by Gasteiger charge is 2.36. The Kier molecular flexibility index (Phi) is 4.63. The molecule has 3 aromatic heterocycles. The van der Waals surface area contributed by atoms with E-state index in [1.807, 2.05) is 27.7 Å². The van der Waals surface area contributed by atoms with Crippen molar-refractivity contribution in [1.82, 2.24) is 35.0 Å². The number of piperidine rings is 1. The quantitative estimate of drug-likeness (QED) is 0.586. The average molecular weight is 421 g/mol. The third kappa shape index (κ3) is 3.56. The van der Waals surface area contributed by atoms with E-state index in [2.05, 4.69) is 26.9 Å². The maximum atomic E-state index is 13.3. The Bertz CT molecular complexity index is 1090. The normalized spacial score (nSPS) is 22.3. The van der Waals surface area contributed by atoms with E-state index < -0.39 is 0 Å². The van der Waals surface area contributed by atoms with Gasteiger partial charge in [0.15, 0.2) is 17.5 Å².